The molecule has 2 aromatic carbocycles. The van der Waals surface area contributed by atoms with Gasteiger partial charge in [0, 0.05) is 6.42 Å². The van der Waals surface area contributed by atoms with Crippen LogP contribution in [0.15, 0.2) is 42.5 Å². The number of phenols is 3. The van der Waals surface area contributed by atoms with Gasteiger partial charge >= 0.3 is 5.97 Å². The minimum absolute atomic E-state index is 0.0824. The zero-order chi connectivity index (χ0) is 17.5. The van der Waals surface area contributed by atoms with Gasteiger partial charge in [0.1, 0.15) is 5.75 Å². The van der Waals surface area contributed by atoms with Crippen molar-refractivity contribution in [1.29, 1.82) is 0 Å². The highest BCUT2D eigenvalue weighted by Crippen LogP contribution is 2.35. The monoisotopic (exact) mass is 332 g/mol. The second kappa shape index (κ2) is 8.10. The Bertz CT molecular complexity index is 660. The molecule has 128 valence electrons. The van der Waals surface area contributed by atoms with Gasteiger partial charge in [-0.2, -0.15) is 0 Å². The standard InChI is InChI=1S/C18H20O6/c1-2-3-9-16(23-13-7-5-4-6-8-13)24-18(22)12-10-14(19)17(21)15(20)11-12/h4-8,10-11,16,19-21H,2-3,9H2,1H3. The molecule has 1 unspecified atom stereocenters. The number of aromatic hydroxyl groups is 3. The Morgan fingerprint density at radius 1 is 1.08 bits per heavy atom. The minimum Gasteiger partial charge on any atom is -0.504 e. The molecule has 0 radical (unpaired) electrons. The van der Waals surface area contributed by atoms with Crippen molar-refractivity contribution in [2.24, 2.45) is 0 Å². The van der Waals surface area contributed by atoms with E-state index >= 15 is 0 Å². The number of carbonyl (C=O) groups excluding carboxylic acids is 1. The highest BCUT2D eigenvalue weighted by Gasteiger charge is 2.20. The molecule has 0 saturated heterocycles. The molecule has 0 saturated carbocycles. The van der Waals surface area contributed by atoms with Crippen molar-refractivity contribution in [2.45, 2.75) is 32.5 Å². The quantitative estimate of drug-likeness (QED) is 0.407. The first kappa shape index (κ1) is 17.5. The van der Waals surface area contributed by atoms with Gasteiger partial charge in [-0.15, -0.1) is 0 Å². The molecule has 1 atom stereocenters. The lowest BCUT2D eigenvalue weighted by atomic mass is 10.2. The summed E-state index contributed by atoms with van der Waals surface area (Å²) in [7, 11) is 0. The summed E-state index contributed by atoms with van der Waals surface area (Å²) in [5.74, 6) is -2.08. The van der Waals surface area contributed by atoms with Crippen LogP contribution < -0.4 is 4.74 Å². The molecule has 0 aliphatic carbocycles. The average molecular weight is 332 g/mol. The smallest absolute Gasteiger partial charge is 0.341 e. The van der Waals surface area contributed by atoms with Gasteiger partial charge < -0.3 is 24.8 Å². The van der Waals surface area contributed by atoms with Crippen LogP contribution in [0.4, 0.5) is 0 Å². The first-order chi connectivity index (χ1) is 11.5. The molecule has 0 spiro atoms. The molecule has 0 bridgehead atoms. The molecule has 24 heavy (non-hydrogen) atoms. The fraction of sp³-hybridized carbons (Fsp3) is 0.278. The van der Waals surface area contributed by atoms with Crippen molar-refractivity contribution < 1.29 is 29.6 Å². The molecule has 0 amide bonds. The summed E-state index contributed by atoms with van der Waals surface area (Å²) < 4.78 is 11.0. The number of hydrogen-bond donors (Lipinski definition) is 3. The van der Waals surface area contributed by atoms with E-state index in [1.165, 1.54) is 0 Å². The average Bonchev–Trinajstić information content (AvgIpc) is 2.58. The number of phenolic OH excluding ortho intramolecular Hbond substituents is 3. The van der Waals surface area contributed by atoms with E-state index in [4.69, 9.17) is 9.47 Å². The lowest BCUT2D eigenvalue weighted by Crippen LogP contribution is -2.24. The molecule has 6 nitrogen and oxygen atoms in total. The van der Waals surface area contributed by atoms with Crippen LogP contribution in [0, 0.1) is 0 Å². The second-order valence-electron chi connectivity index (χ2n) is 5.27. The highest BCUT2D eigenvalue weighted by atomic mass is 16.7. The molecule has 2 rings (SSSR count). The number of ether oxygens (including phenoxy) is 2. The highest BCUT2D eigenvalue weighted by molar-refractivity contribution is 5.91. The Morgan fingerprint density at radius 3 is 2.29 bits per heavy atom. The zero-order valence-corrected chi connectivity index (χ0v) is 13.3. The van der Waals surface area contributed by atoms with Crippen LogP contribution in [-0.2, 0) is 4.74 Å². The van der Waals surface area contributed by atoms with Crippen LogP contribution in [0.2, 0.25) is 0 Å². The summed E-state index contributed by atoms with van der Waals surface area (Å²) in [4.78, 5) is 12.2. The summed E-state index contributed by atoms with van der Waals surface area (Å²) in [5, 5.41) is 28.3. The maximum atomic E-state index is 12.2. The summed E-state index contributed by atoms with van der Waals surface area (Å²) in [6.45, 7) is 2.01. The normalized spacial score (nSPS) is 11.7. The molecule has 0 aliphatic heterocycles. The summed E-state index contributed by atoms with van der Waals surface area (Å²) in [6.07, 6.45) is 1.43. The number of esters is 1. The molecule has 6 heteroatoms. The summed E-state index contributed by atoms with van der Waals surface area (Å²) >= 11 is 0. The fourth-order valence-electron chi connectivity index (χ4n) is 2.07. The van der Waals surface area contributed by atoms with Crippen LogP contribution in [0.3, 0.4) is 0 Å². The Labute approximate surface area is 139 Å². The third kappa shape index (κ3) is 4.55. The molecule has 0 aliphatic rings. The number of unbranched alkanes of at least 4 members (excludes halogenated alkanes) is 1. The van der Waals surface area contributed by atoms with Gasteiger partial charge in [0.25, 0.3) is 0 Å². The van der Waals surface area contributed by atoms with Gasteiger partial charge in [0.05, 0.1) is 5.56 Å². The lowest BCUT2D eigenvalue weighted by molar-refractivity contribution is -0.0532. The topological polar surface area (TPSA) is 96.2 Å². The second-order valence-corrected chi connectivity index (χ2v) is 5.27. The van der Waals surface area contributed by atoms with Crippen molar-refractivity contribution in [3.8, 4) is 23.0 Å². The van der Waals surface area contributed by atoms with Gasteiger partial charge in [-0.1, -0.05) is 31.5 Å². The lowest BCUT2D eigenvalue weighted by Gasteiger charge is -2.19. The number of hydrogen-bond acceptors (Lipinski definition) is 6. The number of para-hydroxylation sites is 1. The van der Waals surface area contributed by atoms with E-state index in [0.717, 1.165) is 25.0 Å². The van der Waals surface area contributed by atoms with E-state index in [9.17, 15) is 20.1 Å². The van der Waals surface area contributed by atoms with E-state index in [1.807, 2.05) is 25.1 Å². The van der Waals surface area contributed by atoms with E-state index in [1.54, 1.807) is 12.1 Å². The van der Waals surface area contributed by atoms with Crippen molar-refractivity contribution in [3.63, 3.8) is 0 Å². The molecule has 0 heterocycles. The number of benzene rings is 2. The van der Waals surface area contributed by atoms with Crippen molar-refractivity contribution in [2.75, 3.05) is 0 Å². The zero-order valence-electron chi connectivity index (χ0n) is 13.3. The van der Waals surface area contributed by atoms with Crippen molar-refractivity contribution in [3.05, 3.63) is 48.0 Å². The maximum absolute atomic E-state index is 12.2. The Kier molecular flexibility index (Phi) is 5.89. The van der Waals surface area contributed by atoms with Gasteiger partial charge in [0.15, 0.2) is 17.2 Å². The van der Waals surface area contributed by atoms with Gasteiger partial charge in [-0.05, 0) is 30.7 Å². The predicted octanol–water partition coefficient (Wildman–Crippen LogP) is 3.56. The molecular weight excluding hydrogens is 312 g/mol. The van der Waals surface area contributed by atoms with Crippen LogP contribution in [0.5, 0.6) is 23.0 Å². The van der Waals surface area contributed by atoms with Gasteiger partial charge in [0.2, 0.25) is 6.29 Å². The number of carbonyl (C=O) groups is 1. The van der Waals surface area contributed by atoms with E-state index < -0.39 is 29.5 Å². The Hall–Kier alpha value is -2.89. The van der Waals surface area contributed by atoms with Crippen LogP contribution in [-0.4, -0.2) is 27.6 Å². The molecule has 3 N–H and O–H groups in total. The molecule has 0 fully saturated rings. The fourth-order valence-corrected chi connectivity index (χ4v) is 2.07. The Balaban J connectivity index is 2.11. The summed E-state index contributed by atoms with van der Waals surface area (Å²) in [6, 6.07) is 11.0. The van der Waals surface area contributed by atoms with Gasteiger partial charge in [-0.3, -0.25) is 0 Å². The minimum atomic E-state index is -0.794. The van der Waals surface area contributed by atoms with Crippen molar-refractivity contribution in [1.82, 2.24) is 0 Å². The third-order valence-corrected chi connectivity index (χ3v) is 3.35. The Morgan fingerprint density at radius 2 is 1.71 bits per heavy atom. The van der Waals surface area contributed by atoms with Crippen LogP contribution in [0.25, 0.3) is 0 Å². The van der Waals surface area contributed by atoms with E-state index in [-0.39, 0.29) is 5.56 Å². The van der Waals surface area contributed by atoms with E-state index in [0.29, 0.717) is 12.2 Å². The molecule has 0 aromatic heterocycles. The number of rotatable bonds is 7. The van der Waals surface area contributed by atoms with E-state index in [2.05, 4.69) is 0 Å². The largest absolute Gasteiger partial charge is 0.504 e. The van der Waals surface area contributed by atoms with Gasteiger partial charge in [-0.25, -0.2) is 4.79 Å². The first-order valence-electron chi connectivity index (χ1n) is 7.69. The first-order valence-corrected chi connectivity index (χ1v) is 7.69. The molecular formula is C18H20O6. The van der Waals surface area contributed by atoms with Crippen molar-refractivity contribution >= 4 is 5.97 Å². The van der Waals surface area contributed by atoms with Crippen LogP contribution >= 0.6 is 0 Å². The summed E-state index contributed by atoms with van der Waals surface area (Å²) in [5.41, 5.74) is -0.0824. The third-order valence-electron chi connectivity index (χ3n) is 3.35. The maximum Gasteiger partial charge on any atom is 0.341 e. The predicted molar refractivity (Wildman–Crippen MR) is 87.2 cm³/mol. The SMILES string of the molecule is CCCCC(OC(=O)c1cc(O)c(O)c(O)c1)Oc1ccccc1. The molecule has 2 aromatic rings. The van der Waals surface area contributed by atoms with Crippen LogP contribution in [0.1, 0.15) is 36.5 Å².